The Kier molecular flexibility index (Phi) is 6.21. The molecule has 0 aliphatic carbocycles. The largest absolute Gasteiger partial charge is 0.488 e. The predicted octanol–water partition coefficient (Wildman–Crippen LogP) is 7.81. The number of hydrogen-bond donors (Lipinski definition) is 0. The maximum Gasteiger partial charge on any atom is 0.293 e. The van der Waals surface area contributed by atoms with E-state index in [0.29, 0.717) is 17.3 Å². The van der Waals surface area contributed by atoms with Crippen molar-refractivity contribution in [2.24, 2.45) is 0 Å². The van der Waals surface area contributed by atoms with Crippen LogP contribution >= 0.6 is 11.8 Å². The predicted molar refractivity (Wildman–Crippen MR) is 150 cm³/mol. The number of hydrogen-bond acceptors (Lipinski definition) is 4. The highest BCUT2D eigenvalue weighted by Gasteiger charge is 2.35. The molecule has 0 spiro atoms. The number of amides is 2. The first kappa shape index (κ1) is 23.1. The van der Waals surface area contributed by atoms with E-state index in [1.54, 1.807) is 6.08 Å². The van der Waals surface area contributed by atoms with Crippen LogP contribution in [0.25, 0.3) is 27.6 Å². The highest BCUT2D eigenvalue weighted by molar-refractivity contribution is 8.18. The van der Waals surface area contributed by atoms with Crippen molar-refractivity contribution in [2.45, 2.75) is 13.2 Å². The Morgan fingerprint density at radius 3 is 2.03 bits per heavy atom. The highest BCUT2D eigenvalue weighted by atomic mass is 32.2. The third-order valence-corrected chi connectivity index (χ3v) is 7.46. The Morgan fingerprint density at radius 1 is 0.676 bits per heavy atom. The molecule has 0 saturated carbocycles. The summed E-state index contributed by atoms with van der Waals surface area (Å²) >= 11 is 0.969. The van der Waals surface area contributed by atoms with E-state index in [0.717, 1.165) is 50.0 Å². The second-order valence-corrected chi connectivity index (χ2v) is 9.86. The van der Waals surface area contributed by atoms with Crippen molar-refractivity contribution in [3.63, 3.8) is 0 Å². The molecule has 0 N–H and O–H groups in total. The van der Waals surface area contributed by atoms with E-state index >= 15 is 0 Å². The minimum absolute atomic E-state index is 0.239. The number of carbonyl (C=O) groups is 2. The van der Waals surface area contributed by atoms with E-state index in [2.05, 4.69) is 24.3 Å². The summed E-state index contributed by atoms with van der Waals surface area (Å²) in [5.74, 6) is 0.378. The van der Waals surface area contributed by atoms with Gasteiger partial charge in [-0.15, -0.1) is 0 Å². The van der Waals surface area contributed by atoms with Crippen LogP contribution in [0.3, 0.4) is 0 Å². The van der Waals surface area contributed by atoms with E-state index in [-0.39, 0.29) is 17.7 Å². The van der Waals surface area contributed by atoms with Gasteiger partial charge in [0.25, 0.3) is 11.1 Å². The second-order valence-electron chi connectivity index (χ2n) is 8.87. The number of imide groups is 1. The Labute approximate surface area is 219 Å². The van der Waals surface area contributed by atoms with Gasteiger partial charge in [0.05, 0.1) is 11.4 Å². The lowest BCUT2D eigenvalue weighted by Gasteiger charge is -2.14. The molecule has 0 bridgehead atoms. The van der Waals surface area contributed by atoms with Gasteiger partial charge in [-0.2, -0.15) is 0 Å². The zero-order valence-corrected chi connectivity index (χ0v) is 20.8. The van der Waals surface area contributed by atoms with Crippen molar-refractivity contribution >= 4 is 50.5 Å². The van der Waals surface area contributed by atoms with Crippen molar-refractivity contribution in [2.75, 3.05) is 0 Å². The molecule has 0 radical (unpaired) electrons. The molecule has 5 aromatic rings. The van der Waals surface area contributed by atoms with Crippen molar-refractivity contribution in [1.29, 1.82) is 0 Å². The molecule has 1 aliphatic heterocycles. The van der Waals surface area contributed by atoms with Crippen LogP contribution in [-0.4, -0.2) is 16.0 Å². The number of fused-ring (bicyclic) bond motifs is 2. The van der Waals surface area contributed by atoms with Crippen LogP contribution in [0.5, 0.6) is 5.75 Å². The highest BCUT2D eigenvalue weighted by Crippen LogP contribution is 2.36. The van der Waals surface area contributed by atoms with Crippen molar-refractivity contribution in [3.8, 4) is 5.75 Å². The summed E-state index contributed by atoms with van der Waals surface area (Å²) in [5, 5.41) is 4.17. The third-order valence-electron chi connectivity index (χ3n) is 6.55. The second kappa shape index (κ2) is 9.96. The molecule has 37 heavy (non-hydrogen) atoms. The first-order chi connectivity index (χ1) is 18.2. The van der Waals surface area contributed by atoms with Crippen LogP contribution in [0.15, 0.2) is 114 Å². The van der Waals surface area contributed by atoms with E-state index in [4.69, 9.17) is 4.74 Å². The lowest BCUT2D eigenvalue weighted by molar-refractivity contribution is -0.123. The molecule has 1 heterocycles. The van der Waals surface area contributed by atoms with Crippen LogP contribution < -0.4 is 4.74 Å². The lowest BCUT2D eigenvalue weighted by Crippen LogP contribution is -2.27. The van der Waals surface area contributed by atoms with Gasteiger partial charge in [-0.3, -0.25) is 14.5 Å². The molecule has 0 aromatic heterocycles. The molecular formula is C32H23NO3S. The summed E-state index contributed by atoms with van der Waals surface area (Å²) in [4.78, 5) is 27.8. The summed E-state index contributed by atoms with van der Waals surface area (Å²) in [5.41, 5.74) is 2.79. The lowest BCUT2D eigenvalue weighted by atomic mass is 10.0. The molecule has 5 aromatic carbocycles. The van der Waals surface area contributed by atoms with Crippen molar-refractivity contribution in [3.05, 3.63) is 131 Å². The van der Waals surface area contributed by atoms with Gasteiger partial charge in [0.2, 0.25) is 0 Å². The van der Waals surface area contributed by atoms with Crippen molar-refractivity contribution < 1.29 is 14.3 Å². The topological polar surface area (TPSA) is 46.6 Å². The first-order valence-electron chi connectivity index (χ1n) is 12.1. The van der Waals surface area contributed by atoms with Crippen molar-refractivity contribution in [1.82, 2.24) is 4.90 Å². The number of ether oxygens (including phenoxy) is 1. The van der Waals surface area contributed by atoms with Gasteiger partial charge in [0, 0.05) is 5.56 Å². The molecule has 1 fully saturated rings. The van der Waals surface area contributed by atoms with E-state index in [1.165, 1.54) is 4.90 Å². The molecule has 1 saturated heterocycles. The van der Waals surface area contributed by atoms with E-state index in [1.807, 2.05) is 84.9 Å². The average molecular weight is 502 g/mol. The molecule has 1 aliphatic rings. The van der Waals surface area contributed by atoms with Gasteiger partial charge in [0.1, 0.15) is 12.4 Å². The number of para-hydroxylation sites is 1. The smallest absolute Gasteiger partial charge is 0.293 e. The number of benzene rings is 5. The number of thioether (sulfide) groups is 1. The van der Waals surface area contributed by atoms with Crippen LogP contribution in [0.4, 0.5) is 4.79 Å². The molecular weight excluding hydrogens is 478 g/mol. The molecule has 0 atom stereocenters. The molecule has 2 amide bonds. The maximum atomic E-state index is 13.3. The molecule has 6 rings (SSSR count). The van der Waals surface area contributed by atoms with E-state index in [9.17, 15) is 9.59 Å². The fourth-order valence-corrected chi connectivity index (χ4v) is 5.51. The van der Waals surface area contributed by atoms with Gasteiger partial charge in [0.15, 0.2) is 0 Å². The SMILES string of the molecule is O=C1S/C(=C\c2ccccc2OCc2cccc3ccccc23)C(=O)N1Cc1cccc2ccccc12. The monoisotopic (exact) mass is 501 g/mol. The summed E-state index contributed by atoms with van der Waals surface area (Å²) < 4.78 is 6.21. The Bertz CT molecular complexity index is 1680. The fourth-order valence-electron chi connectivity index (χ4n) is 4.68. The minimum Gasteiger partial charge on any atom is -0.488 e. The standard InChI is InChI=1S/C32H23NO3S/c34-31-30(37-32(35)33(31)20-25-14-7-12-22-9-1-4-16-27(22)25)19-24-11-3-6-18-29(24)36-21-26-15-8-13-23-10-2-5-17-28(23)26/h1-19H,20-21H2/b30-19-. The molecule has 4 nitrogen and oxygen atoms in total. The van der Waals surface area contributed by atoms with E-state index < -0.39 is 0 Å². The summed E-state index contributed by atoms with van der Waals surface area (Å²) in [6, 6.07) is 35.9. The first-order valence-corrected chi connectivity index (χ1v) is 12.9. The van der Waals surface area contributed by atoms with Gasteiger partial charge < -0.3 is 4.74 Å². The van der Waals surface area contributed by atoms with Crippen LogP contribution in [0, 0.1) is 0 Å². The van der Waals surface area contributed by atoms with Crippen LogP contribution in [0.2, 0.25) is 0 Å². The summed E-state index contributed by atoms with van der Waals surface area (Å²) in [6.07, 6.45) is 1.76. The number of rotatable bonds is 6. The third kappa shape index (κ3) is 4.61. The zero-order valence-electron chi connectivity index (χ0n) is 20.0. The molecule has 0 unspecified atom stereocenters. The van der Waals surface area contributed by atoms with Gasteiger partial charge in [-0.25, -0.2) is 0 Å². The normalized spacial score (nSPS) is 14.7. The Hall–Kier alpha value is -4.35. The Balaban J connectivity index is 1.24. The number of carbonyl (C=O) groups excluding carboxylic acids is 2. The van der Waals surface area contributed by atoms with Gasteiger partial charge >= 0.3 is 0 Å². The van der Waals surface area contributed by atoms with Gasteiger partial charge in [-0.1, -0.05) is 103 Å². The quantitative estimate of drug-likeness (QED) is 0.223. The minimum atomic E-state index is -0.285. The summed E-state index contributed by atoms with van der Waals surface area (Å²) in [6.45, 7) is 0.636. The number of nitrogens with zero attached hydrogens (tertiary/aromatic N) is 1. The molecule has 5 heteroatoms. The summed E-state index contributed by atoms with van der Waals surface area (Å²) in [7, 11) is 0. The van der Waals surface area contributed by atoms with Crippen LogP contribution in [0.1, 0.15) is 16.7 Å². The fraction of sp³-hybridized carbons (Fsp3) is 0.0625. The average Bonchev–Trinajstić information content (AvgIpc) is 3.20. The molecule has 180 valence electrons. The Morgan fingerprint density at radius 2 is 1.27 bits per heavy atom. The maximum absolute atomic E-state index is 13.3. The zero-order chi connectivity index (χ0) is 25.2. The van der Waals surface area contributed by atoms with Gasteiger partial charge in [-0.05, 0) is 56.6 Å². The van der Waals surface area contributed by atoms with Crippen LogP contribution in [-0.2, 0) is 17.9 Å².